The predicted molar refractivity (Wildman–Crippen MR) is 134 cm³/mol. The number of nitrogens with one attached hydrogen (secondary N) is 2. The summed E-state index contributed by atoms with van der Waals surface area (Å²) in [6.45, 7) is 2.24. The third-order valence-corrected chi connectivity index (χ3v) is 7.00. The molecule has 11 nitrogen and oxygen atoms in total. The molecule has 0 spiro atoms. The maximum atomic E-state index is 14.0. The zero-order valence-electron chi connectivity index (χ0n) is 20.9. The highest BCUT2D eigenvalue weighted by Crippen LogP contribution is 2.29. The maximum Gasteiger partial charge on any atom is 0.317 e. The van der Waals surface area contributed by atoms with E-state index in [0.29, 0.717) is 49.2 Å². The summed E-state index contributed by atoms with van der Waals surface area (Å²) in [6, 6.07) is 7.08. The van der Waals surface area contributed by atoms with Crippen molar-refractivity contribution in [3.05, 3.63) is 30.1 Å². The van der Waals surface area contributed by atoms with Crippen molar-refractivity contribution in [2.75, 3.05) is 50.6 Å². The average molecular weight is 516 g/mol. The molecule has 1 aliphatic carbocycles. The molecule has 2 N–H and O–H groups in total. The summed E-state index contributed by atoms with van der Waals surface area (Å²) in [7, 11) is 3.43. The molecule has 0 atom stereocenters. The number of benzene rings is 1. The van der Waals surface area contributed by atoms with E-state index in [1.807, 2.05) is 4.90 Å². The fourth-order valence-electron chi connectivity index (χ4n) is 4.96. The van der Waals surface area contributed by atoms with Gasteiger partial charge in [0.15, 0.2) is 5.82 Å². The topological polar surface area (TPSA) is 113 Å². The molecule has 3 heterocycles. The summed E-state index contributed by atoms with van der Waals surface area (Å²) >= 11 is 0. The van der Waals surface area contributed by atoms with E-state index in [1.54, 1.807) is 43.3 Å². The quantitative estimate of drug-likeness (QED) is 0.515. The van der Waals surface area contributed by atoms with E-state index in [1.165, 1.54) is 4.57 Å². The molecular formula is C24H31F2N9O2. The van der Waals surface area contributed by atoms with Gasteiger partial charge in [0.1, 0.15) is 0 Å². The number of carbonyl (C=O) groups excluding carboxylic acids is 1. The number of hydrogen-bond donors (Lipinski definition) is 2. The van der Waals surface area contributed by atoms with Crippen LogP contribution in [0.5, 0.6) is 0 Å². The molecule has 2 aromatic heterocycles. The second-order valence-corrected chi connectivity index (χ2v) is 9.27. The number of carbonyl (C=O) groups is 1. The first-order valence-electron chi connectivity index (χ1n) is 12.5. The van der Waals surface area contributed by atoms with Gasteiger partial charge in [0.25, 0.3) is 6.43 Å². The Bertz CT molecular complexity index is 1240. The van der Waals surface area contributed by atoms with Crippen LogP contribution in [-0.4, -0.2) is 87.9 Å². The summed E-state index contributed by atoms with van der Waals surface area (Å²) in [4.78, 5) is 33.7. The number of fused-ring (bicyclic) bond motifs is 1. The summed E-state index contributed by atoms with van der Waals surface area (Å²) < 4.78 is 34.8. The minimum absolute atomic E-state index is 0.0798. The number of alkyl halides is 2. The summed E-state index contributed by atoms with van der Waals surface area (Å²) in [5, 5.41) is 6.07. The van der Waals surface area contributed by atoms with Crippen LogP contribution in [0.15, 0.2) is 24.3 Å². The maximum absolute atomic E-state index is 14.0. The second kappa shape index (κ2) is 10.8. The van der Waals surface area contributed by atoms with E-state index in [-0.39, 0.29) is 24.1 Å². The fourth-order valence-corrected chi connectivity index (χ4v) is 4.96. The monoisotopic (exact) mass is 515 g/mol. The highest BCUT2D eigenvalue weighted by Gasteiger charge is 2.28. The minimum Gasteiger partial charge on any atom is -0.378 e. The van der Waals surface area contributed by atoms with Crippen LogP contribution in [0.1, 0.15) is 37.9 Å². The van der Waals surface area contributed by atoms with Gasteiger partial charge in [-0.25, -0.2) is 18.6 Å². The molecule has 1 aromatic carbocycles. The average Bonchev–Trinajstić information content (AvgIpc) is 3.33. The van der Waals surface area contributed by atoms with Gasteiger partial charge in [-0.15, -0.1) is 0 Å². The Morgan fingerprint density at radius 2 is 1.76 bits per heavy atom. The molecule has 0 unspecified atom stereocenters. The lowest BCUT2D eigenvalue weighted by Crippen LogP contribution is -2.45. The van der Waals surface area contributed by atoms with Gasteiger partial charge in [-0.3, -0.25) is 4.57 Å². The van der Waals surface area contributed by atoms with Crippen molar-refractivity contribution in [2.24, 2.45) is 0 Å². The Labute approximate surface area is 213 Å². The number of rotatable bonds is 6. The number of urea groups is 1. The molecule has 1 saturated carbocycles. The SMILES string of the molecule is CNC(=O)N(C)C1CCC(Nc2nc(N3CCOCC3)nc(-n3c(C(F)F)nc4ccccc43)n2)CC1. The van der Waals surface area contributed by atoms with Crippen LogP contribution in [-0.2, 0) is 4.74 Å². The number of ether oxygens (including phenoxy) is 1. The number of halogens is 2. The molecule has 2 fully saturated rings. The van der Waals surface area contributed by atoms with Gasteiger partial charge in [0.2, 0.25) is 17.8 Å². The Hall–Kier alpha value is -3.61. The van der Waals surface area contributed by atoms with Crippen LogP contribution in [0.25, 0.3) is 17.0 Å². The van der Waals surface area contributed by atoms with Crippen LogP contribution >= 0.6 is 0 Å². The fraction of sp³-hybridized carbons (Fsp3) is 0.542. The second-order valence-electron chi connectivity index (χ2n) is 9.27. The van der Waals surface area contributed by atoms with Crippen molar-refractivity contribution < 1.29 is 18.3 Å². The lowest BCUT2D eigenvalue weighted by atomic mass is 9.90. The number of morpholine rings is 1. The van der Waals surface area contributed by atoms with Gasteiger partial charge in [0.05, 0.1) is 24.2 Å². The van der Waals surface area contributed by atoms with E-state index in [4.69, 9.17) is 4.74 Å². The minimum atomic E-state index is -2.81. The first-order valence-corrected chi connectivity index (χ1v) is 12.5. The van der Waals surface area contributed by atoms with Gasteiger partial charge in [0, 0.05) is 39.3 Å². The van der Waals surface area contributed by atoms with Crippen molar-refractivity contribution in [1.29, 1.82) is 0 Å². The smallest absolute Gasteiger partial charge is 0.317 e. The van der Waals surface area contributed by atoms with Crippen LogP contribution in [0.3, 0.4) is 0 Å². The van der Waals surface area contributed by atoms with Crippen molar-refractivity contribution in [2.45, 2.75) is 44.2 Å². The number of para-hydroxylation sites is 2. The number of hydrogen-bond acceptors (Lipinski definition) is 8. The number of nitrogens with zero attached hydrogens (tertiary/aromatic N) is 7. The van der Waals surface area contributed by atoms with Gasteiger partial charge >= 0.3 is 6.03 Å². The first kappa shape index (κ1) is 25.1. The zero-order valence-corrected chi connectivity index (χ0v) is 20.9. The molecule has 1 saturated heterocycles. The Balaban J connectivity index is 1.46. The van der Waals surface area contributed by atoms with Crippen molar-refractivity contribution >= 4 is 29.0 Å². The largest absolute Gasteiger partial charge is 0.378 e. The molecule has 2 amide bonds. The van der Waals surface area contributed by atoms with E-state index >= 15 is 0 Å². The summed E-state index contributed by atoms with van der Waals surface area (Å²) in [5.41, 5.74) is 0.944. The van der Waals surface area contributed by atoms with E-state index < -0.39 is 12.2 Å². The zero-order chi connectivity index (χ0) is 25.9. The van der Waals surface area contributed by atoms with Crippen molar-refractivity contribution in [3.8, 4) is 5.95 Å². The molecule has 37 heavy (non-hydrogen) atoms. The normalized spacial score (nSPS) is 20.3. The van der Waals surface area contributed by atoms with Crippen LogP contribution in [0.2, 0.25) is 0 Å². The van der Waals surface area contributed by atoms with E-state index in [0.717, 1.165) is 25.7 Å². The van der Waals surface area contributed by atoms with Gasteiger partial charge in [-0.1, -0.05) is 12.1 Å². The van der Waals surface area contributed by atoms with Gasteiger partial charge in [-0.05, 0) is 37.8 Å². The lowest BCUT2D eigenvalue weighted by Gasteiger charge is -2.34. The van der Waals surface area contributed by atoms with Crippen LogP contribution < -0.4 is 15.5 Å². The lowest BCUT2D eigenvalue weighted by molar-refractivity contribution is 0.122. The number of aromatic nitrogens is 5. The number of imidazole rings is 1. The van der Waals surface area contributed by atoms with Crippen molar-refractivity contribution in [1.82, 2.24) is 34.7 Å². The molecule has 2 aliphatic rings. The Morgan fingerprint density at radius 1 is 1.05 bits per heavy atom. The third-order valence-electron chi connectivity index (χ3n) is 7.00. The summed E-state index contributed by atoms with van der Waals surface area (Å²) in [6.07, 6.45) is 0.488. The van der Waals surface area contributed by atoms with E-state index in [2.05, 4.69) is 30.6 Å². The molecule has 13 heteroatoms. The molecule has 3 aromatic rings. The molecular weight excluding hydrogens is 484 g/mol. The molecule has 198 valence electrons. The molecule has 0 bridgehead atoms. The predicted octanol–water partition coefficient (Wildman–Crippen LogP) is 2.98. The first-order chi connectivity index (χ1) is 17.9. The molecule has 1 aliphatic heterocycles. The highest BCUT2D eigenvalue weighted by molar-refractivity contribution is 5.77. The Morgan fingerprint density at radius 3 is 2.46 bits per heavy atom. The van der Waals surface area contributed by atoms with Crippen LogP contribution in [0.4, 0.5) is 25.5 Å². The van der Waals surface area contributed by atoms with Gasteiger partial charge in [-0.2, -0.15) is 15.0 Å². The van der Waals surface area contributed by atoms with E-state index in [9.17, 15) is 13.6 Å². The standard InChI is InChI=1S/C24H31F2N9O2/c1-27-24(36)33(2)16-9-7-15(8-10-16)28-21-30-22(34-11-13-37-14-12-34)32-23(31-21)35-18-6-4-3-5-17(18)29-20(35)19(25)26/h3-6,15-16,19H,7-14H2,1-2H3,(H,27,36)(H,28,30,31,32). The summed E-state index contributed by atoms with van der Waals surface area (Å²) in [5.74, 6) is 0.412. The molecule has 0 radical (unpaired) electrons. The Kier molecular flexibility index (Phi) is 7.31. The molecule has 5 rings (SSSR count). The van der Waals surface area contributed by atoms with Crippen molar-refractivity contribution in [3.63, 3.8) is 0 Å². The van der Waals surface area contributed by atoms with Crippen LogP contribution in [0, 0.1) is 0 Å². The number of anilines is 2. The number of amides is 2. The highest BCUT2D eigenvalue weighted by atomic mass is 19.3. The third kappa shape index (κ3) is 5.26. The van der Waals surface area contributed by atoms with Gasteiger partial charge < -0.3 is 25.2 Å².